The molecule has 128 valence electrons. The number of aromatic nitrogens is 3. The van der Waals surface area contributed by atoms with Crippen LogP contribution in [0.1, 0.15) is 21.7 Å². The molecule has 0 spiro atoms. The monoisotopic (exact) mass is 378 g/mol. The third-order valence-electron chi connectivity index (χ3n) is 3.49. The highest BCUT2D eigenvalue weighted by Crippen LogP contribution is 2.25. The molecule has 5 nitrogen and oxygen atoms in total. The van der Waals surface area contributed by atoms with Crippen LogP contribution in [0.2, 0.25) is 10.0 Å². The number of nitrogens with zero attached hydrogens (tertiary/aromatic N) is 3. The quantitative estimate of drug-likeness (QED) is 0.678. The summed E-state index contributed by atoms with van der Waals surface area (Å²) in [6.07, 6.45) is 1.49. The molecule has 25 heavy (non-hydrogen) atoms. The number of benzene rings is 1. The van der Waals surface area contributed by atoms with Crippen molar-refractivity contribution in [2.75, 3.05) is 5.32 Å². The summed E-state index contributed by atoms with van der Waals surface area (Å²) >= 11 is 11.6. The van der Waals surface area contributed by atoms with E-state index in [9.17, 15) is 9.18 Å². The molecule has 0 aliphatic carbocycles. The fraction of sp³-hybridized carbons (Fsp3) is 0.118. The number of carbonyl (C=O) groups excluding carboxylic acids is 1. The van der Waals surface area contributed by atoms with Gasteiger partial charge in [0.15, 0.2) is 5.82 Å². The Morgan fingerprint density at radius 2 is 1.92 bits per heavy atom. The average molecular weight is 379 g/mol. The summed E-state index contributed by atoms with van der Waals surface area (Å²) in [4.78, 5) is 16.5. The van der Waals surface area contributed by atoms with Crippen molar-refractivity contribution < 1.29 is 9.18 Å². The van der Waals surface area contributed by atoms with Crippen LogP contribution in [-0.4, -0.2) is 20.7 Å². The maximum atomic E-state index is 13.5. The number of hydrogen-bond donors (Lipinski definition) is 1. The highest BCUT2D eigenvalue weighted by molar-refractivity contribution is 6.37. The number of anilines is 1. The molecule has 0 bridgehead atoms. The van der Waals surface area contributed by atoms with Gasteiger partial charge >= 0.3 is 0 Å². The van der Waals surface area contributed by atoms with E-state index < -0.39 is 11.7 Å². The molecule has 2 heterocycles. The van der Waals surface area contributed by atoms with Crippen molar-refractivity contribution in [1.82, 2.24) is 14.8 Å². The van der Waals surface area contributed by atoms with E-state index in [4.69, 9.17) is 23.2 Å². The largest absolute Gasteiger partial charge is 0.321 e. The number of halogens is 3. The maximum Gasteiger partial charge on any atom is 0.257 e. The Morgan fingerprint density at radius 1 is 1.16 bits per heavy atom. The molecule has 0 fully saturated rings. The molecular weight excluding hydrogens is 366 g/mol. The van der Waals surface area contributed by atoms with Crippen molar-refractivity contribution in [3.05, 3.63) is 69.3 Å². The number of hydrogen-bond acceptors (Lipinski definition) is 3. The van der Waals surface area contributed by atoms with Gasteiger partial charge in [-0.05, 0) is 44.2 Å². The Morgan fingerprint density at radius 3 is 2.52 bits per heavy atom. The van der Waals surface area contributed by atoms with Crippen LogP contribution in [0.4, 0.5) is 10.1 Å². The van der Waals surface area contributed by atoms with Crippen LogP contribution >= 0.6 is 23.2 Å². The molecule has 0 saturated heterocycles. The summed E-state index contributed by atoms with van der Waals surface area (Å²) in [6.45, 7) is 3.82. The van der Waals surface area contributed by atoms with Crippen LogP contribution in [0.5, 0.6) is 0 Å². The molecule has 0 atom stereocenters. The van der Waals surface area contributed by atoms with E-state index >= 15 is 0 Å². The topological polar surface area (TPSA) is 59.8 Å². The summed E-state index contributed by atoms with van der Waals surface area (Å²) in [5.41, 5.74) is 2.27. The number of amides is 1. The van der Waals surface area contributed by atoms with Crippen molar-refractivity contribution in [2.24, 2.45) is 0 Å². The van der Waals surface area contributed by atoms with Gasteiger partial charge in [0, 0.05) is 5.69 Å². The van der Waals surface area contributed by atoms with E-state index in [1.54, 1.807) is 16.8 Å². The van der Waals surface area contributed by atoms with E-state index in [2.05, 4.69) is 15.4 Å². The van der Waals surface area contributed by atoms with Gasteiger partial charge in [-0.3, -0.25) is 4.79 Å². The van der Waals surface area contributed by atoms with Gasteiger partial charge in [-0.15, -0.1) is 0 Å². The Labute approximate surface area is 153 Å². The van der Waals surface area contributed by atoms with Gasteiger partial charge in [0.1, 0.15) is 5.82 Å². The average Bonchev–Trinajstić information content (AvgIpc) is 2.90. The van der Waals surface area contributed by atoms with E-state index in [1.807, 2.05) is 19.9 Å². The molecule has 0 radical (unpaired) electrons. The Bertz CT molecular complexity index is 954. The summed E-state index contributed by atoms with van der Waals surface area (Å²) < 4.78 is 15.2. The number of carbonyl (C=O) groups is 1. The predicted octanol–water partition coefficient (Wildman–Crippen LogP) is 4.58. The first kappa shape index (κ1) is 17.4. The van der Waals surface area contributed by atoms with E-state index in [1.165, 1.54) is 12.3 Å². The first-order chi connectivity index (χ1) is 11.8. The normalized spacial score (nSPS) is 10.8. The zero-order valence-electron chi connectivity index (χ0n) is 13.3. The van der Waals surface area contributed by atoms with Gasteiger partial charge in [0.25, 0.3) is 5.91 Å². The fourth-order valence-electron chi connectivity index (χ4n) is 2.34. The second-order valence-corrected chi connectivity index (χ2v) is 6.26. The van der Waals surface area contributed by atoms with Gasteiger partial charge in [-0.25, -0.2) is 14.1 Å². The molecule has 2 aromatic heterocycles. The molecule has 1 aromatic carbocycles. The molecular formula is C17H13Cl2FN4O. The second kappa shape index (κ2) is 6.82. The Balaban J connectivity index is 1.81. The number of nitrogens with one attached hydrogen (secondary N) is 1. The van der Waals surface area contributed by atoms with Crippen molar-refractivity contribution in [3.63, 3.8) is 0 Å². The minimum absolute atomic E-state index is 0.00816. The van der Waals surface area contributed by atoms with Crippen molar-refractivity contribution in [2.45, 2.75) is 13.8 Å². The summed E-state index contributed by atoms with van der Waals surface area (Å²) in [7, 11) is 0. The van der Waals surface area contributed by atoms with Crippen molar-refractivity contribution in [1.29, 1.82) is 0 Å². The highest BCUT2D eigenvalue weighted by atomic mass is 35.5. The highest BCUT2D eigenvalue weighted by Gasteiger charge is 2.15. The van der Waals surface area contributed by atoms with Crippen LogP contribution < -0.4 is 5.32 Å². The lowest BCUT2D eigenvalue weighted by Gasteiger charge is -2.09. The number of aryl methyl sites for hydroxylation is 2. The first-order valence-electron chi connectivity index (χ1n) is 7.31. The SMILES string of the molecule is Cc1cc(C)n(-c2ccc(NC(=O)c3cc(F)c(Cl)cc3Cl)cn2)n1. The van der Waals surface area contributed by atoms with E-state index in [0.717, 1.165) is 17.5 Å². The van der Waals surface area contributed by atoms with E-state index in [0.29, 0.717) is 11.5 Å². The summed E-state index contributed by atoms with van der Waals surface area (Å²) in [6, 6.07) is 7.53. The van der Waals surface area contributed by atoms with Crippen LogP contribution in [-0.2, 0) is 0 Å². The number of pyridine rings is 1. The molecule has 0 aliphatic heterocycles. The molecule has 1 amide bonds. The molecule has 1 N–H and O–H groups in total. The minimum Gasteiger partial charge on any atom is -0.321 e. The summed E-state index contributed by atoms with van der Waals surface area (Å²) in [5.74, 6) is -0.644. The Kier molecular flexibility index (Phi) is 4.74. The lowest BCUT2D eigenvalue weighted by Crippen LogP contribution is -2.13. The molecule has 0 unspecified atom stereocenters. The predicted molar refractivity (Wildman–Crippen MR) is 95.2 cm³/mol. The van der Waals surface area contributed by atoms with Gasteiger partial charge in [-0.2, -0.15) is 5.10 Å². The lowest BCUT2D eigenvalue weighted by atomic mass is 10.2. The van der Waals surface area contributed by atoms with Gasteiger partial charge in [0.2, 0.25) is 0 Å². The molecule has 0 aliphatic rings. The minimum atomic E-state index is -0.714. The lowest BCUT2D eigenvalue weighted by molar-refractivity contribution is 0.102. The van der Waals surface area contributed by atoms with Crippen LogP contribution in [0, 0.1) is 19.7 Å². The van der Waals surface area contributed by atoms with Crippen molar-refractivity contribution >= 4 is 34.8 Å². The van der Waals surface area contributed by atoms with Crippen molar-refractivity contribution in [3.8, 4) is 5.82 Å². The Hall–Kier alpha value is -2.44. The molecule has 3 aromatic rings. The van der Waals surface area contributed by atoms with Crippen LogP contribution in [0.15, 0.2) is 36.5 Å². The fourth-order valence-corrected chi connectivity index (χ4v) is 2.81. The zero-order valence-corrected chi connectivity index (χ0v) is 14.9. The third-order valence-corrected chi connectivity index (χ3v) is 4.09. The van der Waals surface area contributed by atoms with Gasteiger partial charge in [0.05, 0.1) is 33.2 Å². The standard InChI is InChI=1S/C17H13Cl2FN4O/c1-9-5-10(2)24(23-9)16-4-3-11(8-21-16)22-17(25)12-6-15(20)14(19)7-13(12)18/h3-8H,1-2H3,(H,22,25). The summed E-state index contributed by atoms with van der Waals surface area (Å²) in [5, 5.41) is 6.89. The first-order valence-corrected chi connectivity index (χ1v) is 8.06. The van der Waals surface area contributed by atoms with Crippen LogP contribution in [0.3, 0.4) is 0 Å². The smallest absolute Gasteiger partial charge is 0.257 e. The van der Waals surface area contributed by atoms with Crippen LogP contribution in [0.25, 0.3) is 5.82 Å². The number of rotatable bonds is 3. The zero-order chi connectivity index (χ0) is 18.1. The van der Waals surface area contributed by atoms with E-state index in [-0.39, 0.29) is 15.6 Å². The molecule has 3 rings (SSSR count). The van der Waals surface area contributed by atoms with Gasteiger partial charge in [-0.1, -0.05) is 23.2 Å². The second-order valence-electron chi connectivity index (χ2n) is 5.44. The van der Waals surface area contributed by atoms with Gasteiger partial charge < -0.3 is 5.32 Å². The molecule has 8 heteroatoms. The third kappa shape index (κ3) is 3.65. The molecule has 0 saturated carbocycles. The maximum absolute atomic E-state index is 13.5.